The molecule has 5 heteroatoms. The molecule has 0 saturated carbocycles. The lowest BCUT2D eigenvalue weighted by Crippen LogP contribution is -2.50. The van der Waals surface area contributed by atoms with Crippen molar-refractivity contribution in [1.82, 2.24) is 15.1 Å². The zero-order valence-electron chi connectivity index (χ0n) is 15.4. The lowest BCUT2D eigenvalue weighted by molar-refractivity contribution is 0.00990. The summed E-state index contributed by atoms with van der Waals surface area (Å²) in [5.74, 6) is 0.758. The highest BCUT2D eigenvalue weighted by Crippen LogP contribution is 2.20. The Balaban J connectivity index is 1.76. The van der Waals surface area contributed by atoms with Gasteiger partial charge in [-0.3, -0.25) is 0 Å². The maximum atomic E-state index is 12.4. The molecule has 0 spiro atoms. The Bertz CT molecular complexity index is 381. The van der Waals surface area contributed by atoms with Gasteiger partial charge in [-0.2, -0.15) is 0 Å². The molecular formula is C18H35N3O2. The van der Waals surface area contributed by atoms with Gasteiger partial charge in [-0.1, -0.05) is 6.92 Å². The first-order valence-corrected chi connectivity index (χ1v) is 9.31. The number of rotatable bonds is 5. The van der Waals surface area contributed by atoms with E-state index in [2.05, 4.69) is 17.1 Å². The molecule has 2 atom stereocenters. The fraction of sp³-hybridized carbons (Fsp3) is 0.944. The Kier molecular flexibility index (Phi) is 6.72. The summed E-state index contributed by atoms with van der Waals surface area (Å²) in [6.45, 7) is 14.4. The van der Waals surface area contributed by atoms with Crippen molar-refractivity contribution in [2.75, 3.05) is 39.3 Å². The first-order valence-electron chi connectivity index (χ1n) is 9.31. The molecule has 2 aliphatic rings. The highest BCUT2D eigenvalue weighted by molar-refractivity contribution is 5.68. The summed E-state index contributed by atoms with van der Waals surface area (Å²) >= 11 is 0. The van der Waals surface area contributed by atoms with Crippen LogP contribution >= 0.6 is 0 Å². The predicted molar refractivity (Wildman–Crippen MR) is 93.7 cm³/mol. The van der Waals surface area contributed by atoms with E-state index >= 15 is 0 Å². The zero-order valence-corrected chi connectivity index (χ0v) is 15.4. The van der Waals surface area contributed by atoms with Crippen LogP contribution in [0.3, 0.4) is 0 Å². The lowest BCUT2D eigenvalue weighted by atomic mass is 10.0. The van der Waals surface area contributed by atoms with Crippen LogP contribution in [0, 0.1) is 5.92 Å². The normalized spacial score (nSPS) is 26.5. The minimum Gasteiger partial charge on any atom is -0.444 e. The maximum absolute atomic E-state index is 12.4. The third kappa shape index (κ3) is 5.96. The number of hydrogen-bond donors (Lipinski definition) is 1. The molecule has 2 rings (SSSR count). The molecule has 0 aromatic heterocycles. The molecule has 0 aromatic rings. The van der Waals surface area contributed by atoms with Crippen molar-refractivity contribution in [2.45, 2.75) is 65.0 Å². The standard InChI is InChI=1S/C18H35N3O2/c1-5-20-11-9-15(14-20)12-19-13-16-8-6-7-10-21(16)17(22)23-18(2,3)4/h15-16,19H,5-14H2,1-4H3. The SMILES string of the molecule is CCN1CCC(CNCC2CCCCN2C(=O)OC(C)(C)C)C1. The van der Waals surface area contributed by atoms with E-state index in [-0.39, 0.29) is 12.1 Å². The fourth-order valence-electron chi connectivity index (χ4n) is 3.59. The van der Waals surface area contributed by atoms with Crippen LogP contribution in [0.1, 0.15) is 53.4 Å². The van der Waals surface area contributed by atoms with E-state index in [1.807, 2.05) is 25.7 Å². The van der Waals surface area contributed by atoms with Gasteiger partial charge in [0, 0.05) is 25.7 Å². The number of nitrogens with zero attached hydrogens (tertiary/aromatic N) is 2. The number of likely N-dealkylation sites (tertiary alicyclic amines) is 2. The second-order valence-corrected chi connectivity index (χ2v) is 8.03. The van der Waals surface area contributed by atoms with E-state index < -0.39 is 5.60 Å². The van der Waals surface area contributed by atoms with Gasteiger partial charge in [0.15, 0.2) is 0 Å². The molecule has 0 aliphatic carbocycles. The van der Waals surface area contributed by atoms with Gasteiger partial charge in [0.25, 0.3) is 0 Å². The molecule has 2 saturated heterocycles. The Morgan fingerprint density at radius 1 is 1.17 bits per heavy atom. The molecule has 0 aromatic carbocycles. The summed E-state index contributed by atoms with van der Waals surface area (Å²) in [7, 11) is 0. The minimum atomic E-state index is -0.417. The predicted octanol–water partition coefficient (Wildman–Crippen LogP) is 2.71. The zero-order chi connectivity index (χ0) is 16.9. The maximum Gasteiger partial charge on any atom is 0.410 e. The summed E-state index contributed by atoms with van der Waals surface area (Å²) < 4.78 is 5.57. The van der Waals surface area contributed by atoms with Gasteiger partial charge in [-0.15, -0.1) is 0 Å². The van der Waals surface area contributed by atoms with Crippen LogP contribution in [0.2, 0.25) is 0 Å². The van der Waals surface area contributed by atoms with Crippen LogP contribution in [0.4, 0.5) is 4.79 Å². The van der Waals surface area contributed by atoms with Crippen LogP contribution in [-0.2, 0) is 4.74 Å². The van der Waals surface area contributed by atoms with Gasteiger partial charge in [0.1, 0.15) is 5.60 Å². The number of nitrogens with one attached hydrogen (secondary N) is 1. The van der Waals surface area contributed by atoms with Crippen molar-refractivity contribution in [3.63, 3.8) is 0 Å². The minimum absolute atomic E-state index is 0.151. The van der Waals surface area contributed by atoms with Crippen LogP contribution < -0.4 is 5.32 Å². The van der Waals surface area contributed by atoms with E-state index in [0.717, 1.165) is 44.9 Å². The van der Waals surface area contributed by atoms with Crippen molar-refractivity contribution < 1.29 is 9.53 Å². The number of piperidine rings is 1. The van der Waals surface area contributed by atoms with E-state index in [9.17, 15) is 4.79 Å². The van der Waals surface area contributed by atoms with E-state index in [1.165, 1.54) is 25.9 Å². The topological polar surface area (TPSA) is 44.8 Å². The van der Waals surface area contributed by atoms with Gasteiger partial charge in [0.2, 0.25) is 0 Å². The first kappa shape index (κ1) is 18.5. The molecule has 1 N–H and O–H groups in total. The number of carbonyl (C=O) groups is 1. The molecule has 5 nitrogen and oxygen atoms in total. The Morgan fingerprint density at radius 3 is 2.61 bits per heavy atom. The second kappa shape index (κ2) is 8.34. The first-order chi connectivity index (χ1) is 10.9. The summed E-state index contributed by atoms with van der Waals surface area (Å²) in [6, 6.07) is 0.280. The molecule has 0 radical (unpaired) electrons. The lowest BCUT2D eigenvalue weighted by Gasteiger charge is -2.37. The monoisotopic (exact) mass is 325 g/mol. The van der Waals surface area contributed by atoms with Crippen LogP contribution in [0.25, 0.3) is 0 Å². The third-order valence-corrected chi connectivity index (χ3v) is 4.89. The van der Waals surface area contributed by atoms with Crippen molar-refractivity contribution in [3.8, 4) is 0 Å². The van der Waals surface area contributed by atoms with Crippen molar-refractivity contribution in [1.29, 1.82) is 0 Å². The Labute approximate surface area is 141 Å². The van der Waals surface area contributed by atoms with E-state index in [4.69, 9.17) is 4.74 Å². The quantitative estimate of drug-likeness (QED) is 0.844. The number of hydrogen-bond acceptors (Lipinski definition) is 4. The molecule has 23 heavy (non-hydrogen) atoms. The molecular weight excluding hydrogens is 290 g/mol. The molecule has 2 fully saturated rings. The number of carbonyl (C=O) groups excluding carboxylic acids is 1. The number of amides is 1. The molecule has 2 unspecified atom stereocenters. The summed E-state index contributed by atoms with van der Waals surface area (Å²) in [6.07, 6.45) is 4.52. The molecule has 2 aliphatic heterocycles. The molecule has 134 valence electrons. The van der Waals surface area contributed by atoms with Gasteiger partial charge in [-0.05, 0) is 72.0 Å². The molecule has 2 heterocycles. The molecule has 0 bridgehead atoms. The van der Waals surface area contributed by atoms with E-state index in [1.54, 1.807) is 0 Å². The third-order valence-electron chi connectivity index (χ3n) is 4.89. The van der Waals surface area contributed by atoms with Gasteiger partial charge < -0.3 is 19.9 Å². The molecule has 1 amide bonds. The highest BCUT2D eigenvalue weighted by Gasteiger charge is 2.30. The van der Waals surface area contributed by atoms with Crippen LogP contribution in [0.5, 0.6) is 0 Å². The van der Waals surface area contributed by atoms with Crippen molar-refractivity contribution in [2.24, 2.45) is 5.92 Å². The van der Waals surface area contributed by atoms with Crippen LogP contribution in [-0.4, -0.2) is 66.8 Å². The van der Waals surface area contributed by atoms with Crippen molar-refractivity contribution >= 4 is 6.09 Å². The number of ether oxygens (including phenoxy) is 1. The summed E-state index contributed by atoms with van der Waals surface area (Å²) in [5.41, 5.74) is -0.417. The Hall–Kier alpha value is -0.810. The smallest absolute Gasteiger partial charge is 0.410 e. The second-order valence-electron chi connectivity index (χ2n) is 8.03. The van der Waals surface area contributed by atoms with Crippen LogP contribution in [0.15, 0.2) is 0 Å². The van der Waals surface area contributed by atoms with E-state index in [0.29, 0.717) is 0 Å². The average Bonchev–Trinajstić information content (AvgIpc) is 2.94. The summed E-state index contributed by atoms with van der Waals surface area (Å²) in [5, 5.41) is 3.61. The van der Waals surface area contributed by atoms with Crippen molar-refractivity contribution in [3.05, 3.63) is 0 Å². The van der Waals surface area contributed by atoms with Gasteiger partial charge in [0.05, 0.1) is 0 Å². The largest absolute Gasteiger partial charge is 0.444 e. The average molecular weight is 325 g/mol. The van der Waals surface area contributed by atoms with Gasteiger partial charge >= 0.3 is 6.09 Å². The summed E-state index contributed by atoms with van der Waals surface area (Å²) in [4.78, 5) is 16.8. The fourth-order valence-corrected chi connectivity index (χ4v) is 3.59. The Morgan fingerprint density at radius 2 is 1.96 bits per heavy atom. The highest BCUT2D eigenvalue weighted by atomic mass is 16.6. The van der Waals surface area contributed by atoms with Gasteiger partial charge in [-0.25, -0.2) is 4.79 Å².